The Labute approximate surface area is 173 Å². The molecule has 2 aromatic rings. The van der Waals surface area contributed by atoms with E-state index >= 15 is 0 Å². The molecule has 9 heteroatoms. The van der Waals surface area contributed by atoms with Gasteiger partial charge in [0.25, 0.3) is 0 Å². The van der Waals surface area contributed by atoms with Crippen LogP contribution in [-0.4, -0.2) is 36.8 Å². The van der Waals surface area contributed by atoms with Crippen LogP contribution in [0.15, 0.2) is 35.5 Å². The number of alkyl halides is 3. The van der Waals surface area contributed by atoms with Crippen LogP contribution in [0.5, 0.6) is 0 Å². The number of aromatic nitrogens is 1. The molecule has 1 heterocycles. The van der Waals surface area contributed by atoms with Crippen molar-refractivity contribution >= 4 is 17.3 Å². The molecule has 0 aliphatic rings. The number of hydrogen-bond acceptors (Lipinski definition) is 4. The molecule has 0 saturated carbocycles. The molecule has 0 atom stereocenters. The number of ether oxygens (including phenoxy) is 1. The van der Waals surface area contributed by atoms with E-state index < -0.39 is 12.8 Å². The SMILES string of the molecule is CCNC(=NCc1ccc(COCC(F)(F)F)cc1)NCCc1ncc(CC)s1. The molecule has 160 valence electrons. The fraction of sp³-hybridized carbons (Fsp3) is 0.500. The molecular weight excluding hydrogens is 401 g/mol. The molecule has 29 heavy (non-hydrogen) atoms. The highest BCUT2D eigenvalue weighted by atomic mass is 32.1. The molecule has 1 aromatic heterocycles. The number of hydrogen-bond donors (Lipinski definition) is 2. The summed E-state index contributed by atoms with van der Waals surface area (Å²) in [7, 11) is 0. The second kappa shape index (κ2) is 11.8. The van der Waals surface area contributed by atoms with Crippen molar-refractivity contribution in [3.05, 3.63) is 51.5 Å². The van der Waals surface area contributed by atoms with Crippen molar-refractivity contribution in [3.8, 4) is 0 Å². The van der Waals surface area contributed by atoms with E-state index in [1.54, 1.807) is 23.5 Å². The van der Waals surface area contributed by atoms with Crippen LogP contribution in [-0.2, 0) is 30.7 Å². The van der Waals surface area contributed by atoms with Crippen LogP contribution in [0.1, 0.15) is 34.9 Å². The number of nitrogens with zero attached hydrogens (tertiary/aromatic N) is 2. The van der Waals surface area contributed by atoms with Crippen LogP contribution in [0, 0.1) is 0 Å². The number of guanidine groups is 1. The lowest BCUT2D eigenvalue weighted by molar-refractivity contribution is -0.176. The van der Waals surface area contributed by atoms with Gasteiger partial charge in [0, 0.05) is 30.6 Å². The minimum absolute atomic E-state index is 0.0657. The Bertz CT molecular complexity index is 760. The predicted octanol–water partition coefficient (Wildman–Crippen LogP) is 4.08. The number of aliphatic imine (C=N–C) groups is 1. The first-order valence-electron chi connectivity index (χ1n) is 9.57. The van der Waals surface area contributed by atoms with Crippen LogP contribution in [0.2, 0.25) is 0 Å². The molecule has 0 spiro atoms. The Morgan fingerprint density at radius 3 is 2.48 bits per heavy atom. The van der Waals surface area contributed by atoms with Crippen molar-refractivity contribution in [2.75, 3.05) is 19.7 Å². The number of nitrogens with one attached hydrogen (secondary N) is 2. The molecule has 2 N–H and O–H groups in total. The van der Waals surface area contributed by atoms with E-state index in [2.05, 4.69) is 32.3 Å². The summed E-state index contributed by atoms with van der Waals surface area (Å²) in [5.74, 6) is 0.720. The highest BCUT2D eigenvalue weighted by molar-refractivity contribution is 7.11. The molecule has 0 aliphatic carbocycles. The Balaban J connectivity index is 1.80. The number of thiazole rings is 1. The lowest BCUT2D eigenvalue weighted by Crippen LogP contribution is -2.38. The van der Waals surface area contributed by atoms with Gasteiger partial charge in [-0.25, -0.2) is 9.98 Å². The first-order valence-corrected chi connectivity index (χ1v) is 10.4. The summed E-state index contributed by atoms with van der Waals surface area (Å²) in [6, 6.07) is 7.22. The zero-order chi connectivity index (χ0) is 21.1. The summed E-state index contributed by atoms with van der Waals surface area (Å²) in [6.07, 6.45) is -0.538. The lowest BCUT2D eigenvalue weighted by atomic mass is 10.1. The Hall–Kier alpha value is -2.13. The highest BCUT2D eigenvalue weighted by Crippen LogP contribution is 2.16. The zero-order valence-corrected chi connectivity index (χ0v) is 17.5. The van der Waals surface area contributed by atoms with Gasteiger partial charge in [-0.05, 0) is 24.5 Å². The molecule has 0 radical (unpaired) electrons. The first kappa shape index (κ1) is 23.2. The molecule has 0 saturated heterocycles. The average molecular weight is 429 g/mol. The van der Waals surface area contributed by atoms with E-state index in [1.807, 2.05) is 25.3 Å². The van der Waals surface area contributed by atoms with Gasteiger partial charge < -0.3 is 15.4 Å². The lowest BCUT2D eigenvalue weighted by Gasteiger charge is -2.11. The van der Waals surface area contributed by atoms with Gasteiger partial charge in [-0.3, -0.25) is 0 Å². The summed E-state index contributed by atoms with van der Waals surface area (Å²) < 4.78 is 41.0. The molecular formula is C20H27F3N4OS. The molecule has 0 unspecified atom stereocenters. The maximum absolute atomic E-state index is 12.1. The normalized spacial score (nSPS) is 12.2. The summed E-state index contributed by atoms with van der Waals surface area (Å²) in [5.41, 5.74) is 1.66. The zero-order valence-electron chi connectivity index (χ0n) is 16.7. The third-order valence-corrected chi connectivity index (χ3v) is 5.10. The minimum atomic E-state index is -4.30. The molecule has 1 aromatic carbocycles. The third kappa shape index (κ3) is 9.27. The maximum atomic E-state index is 12.1. The van der Waals surface area contributed by atoms with Crippen molar-refractivity contribution in [1.82, 2.24) is 15.6 Å². The predicted molar refractivity (Wildman–Crippen MR) is 110 cm³/mol. The van der Waals surface area contributed by atoms with E-state index in [0.717, 1.165) is 42.5 Å². The second-order valence-electron chi connectivity index (χ2n) is 6.37. The van der Waals surface area contributed by atoms with Crippen LogP contribution < -0.4 is 10.6 Å². The highest BCUT2D eigenvalue weighted by Gasteiger charge is 2.27. The second-order valence-corrected chi connectivity index (χ2v) is 7.57. The van der Waals surface area contributed by atoms with Gasteiger partial charge in [-0.1, -0.05) is 31.2 Å². The van der Waals surface area contributed by atoms with Gasteiger partial charge in [-0.15, -0.1) is 11.3 Å². The van der Waals surface area contributed by atoms with Crippen molar-refractivity contribution < 1.29 is 17.9 Å². The fourth-order valence-electron chi connectivity index (χ4n) is 2.45. The topological polar surface area (TPSA) is 58.5 Å². The fourth-order valence-corrected chi connectivity index (χ4v) is 3.31. The van der Waals surface area contributed by atoms with Crippen LogP contribution in [0.25, 0.3) is 0 Å². The standard InChI is InChI=1S/C20H27F3N4OS/c1-3-17-12-26-18(29-17)9-10-25-19(24-4-2)27-11-15-5-7-16(8-6-15)13-28-14-20(21,22)23/h5-8,12H,3-4,9-11,13-14H2,1-2H3,(H2,24,25,27). The Kier molecular flexibility index (Phi) is 9.40. The van der Waals surface area contributed by atoms with Gasteiger partial charge in [-0.2, -0.15) is 13.2 Å². The van der Waals surface area contributed by atoms with Crippen molar-refractivity contribution in [1.29, 1.82) is 0 Å². The number of aryl methyl sites for hydroxylation is 1. The third-order valence-electron chi connectivity index (χ3n) is 3.90. The van der Waals surface area contributed by atoms with E-state index in [-0.39, 0.29) is 6.61 Å². The molecule has 0 fully saturated rings. The quantitative estimate of drug-likeness (QED) is 0.442. The van der Waals surface area contributed by atoms with Gasteiger partial charge in [0.05, 0.1) is 18.2 Å². The first-order chi connectivity index (χ1) is 13.9. The molecule has 5 nitrogen and oxygen atoms in total. The number of rotatable bonds is 10. The van der Waals surface area contributed by atoms with Crippen molar-refractivity contribution in [2.24, 2.45) is 4.99 Å². The number of halogens is 3. The molecule has 2 rings (SSSR count). The Morgan fingerprint density at radius 1 is 1.14 bits per heavy atom. The number of benzene rings is 1. The van der Waals surface area contributed by atoms with Crippen molar-refractivity contribution in [2.45, 2.75) is 46.0 Å². The summed E-state index contributed by atoms with van der Waals surface area (Å²) >= 11 is 1.73. The van der Waals surface area contributed by atoms with Gasteiger partial charge in [0.1, 0.15) is 6.61 Å². The Morgan fingerprint density at radius 2 is 1.86 bits per heavy atom. The van der Waals surface area contributed by atoms with E-state index in [9.17, 15) is 13.2 Å². The smallest absolute Gasteiger partial charge is 0.367 e. The van der Waals surface area contributed by atoms with Crippen LogP contribution in [0.4, 0.5) is 13.2 Å². The molecule has 0 bridgehead atoms. The van der Waals surface area contributed by atoms with Gasteiger partial charge in [0.15, 0.2) is 5.96 Å². The molecule has 0 amide bonds. The van der Waals surface area contributed by atoms with Crippen LogP contribution in [0.3, 0.4) is 0 Å². The summed E-state index contributed by atoms with van der Waals surface area (Å²) in [5, 5.41) is 7.61. The maximum Gasteiger partial charge on any atom is 0.411 e. The average Bonchev–Trinajstić information content (AvgIpc) is 3.14. The molecule has 0 aliphatic heterocycles. The summed E-state index contributed by atoms with van der Waals surface area (Å²) in [6.45, 7) is 4.77. The minimum Gasteiger partial charge on any atom is -0.367 e. The van der Waals surface area contributed by atoms with E-state index in [4.69, 9.17) is 0 Å². The van der Waals surface area contributed by atoms with E-state index in [0.29, 0.717) is 12.1 Å². The largest absolute Gasteiger partial charge is 0.411 e. The van der Waals surface area contributed by atoms with Gasteiger partial charge >= 0.3 is 6.18 Å². The van der Waals surface area contributed by atoms with Crippen LogP contribution >= 0.6 is 11.3 Å². The monoisotopic (exact) mass is 428 g/mol. The van der Waals surface area contributed by atoms with Gasteiger partial charge in [0.2, 0.25) is 0 Å². The van der Waals surface area contributed by atoms with Crippen molar-refractivity contribution in [3.63, 3.8) is 0 Å². The summed E-state index contributed by atoms with van der Waals surface area (Å²) in [4.78, 5) is 10.3. The van der Waals surface area contributed by atoms with E-state index in [1.165, 1.54) is 4.88 Å².